The number of carbonyl (C=O) groups excluding carboxylic acids is 1. The molecule has 6 nitrogen and oxygen atoms in total. The Labute approximate surface area is 171 Å². The van der Waals surface area contributed by atoms with E-state index in [1.54, 1.807) is 6.20 Å². The molecule has 1 spiro atoms. The topological polar surface area (TPSA) is 54.9 Å². The van der Waals surface area contributed by atoms with Crippen LogP contribution in [0.2, 0.25) is 0 Å². The molecule has 0 aliphatic carbocycles. The van der Waals surface area contributed by atoms with E-state index in [4.69, 9.17) is 9.47 Å². The zero-order valence-electron chi connectivity index (χ0n) is 16.9. The lowest BCUT2D eigenvalue weighted by atomic mass is 9.78. The molecule has 6 heteroatoms. The van der Waals surface area contributed by atoms with Gasteiger partial charge in [0.2, 0.25) is 12.7 Å². The minimum atomic E-state index is -0.231. The second-order valence-electron chi connectivity index (χ2n) is 8.56. The van der Waals surface area contributed by atoms with E-state index in [0.29, 0.717) is 19.2 Å². The first-order chi connectivity index (χ1) is 14.1. The van der Waals surface area contributed by atoms with Crippen LogP contribution in [0.4, 0.5) is 0 Å². The molecule has 4 heterocycles. The molecule has 3 aliphatic rings. The number of fused-ring (bicyclic) bond motifs is 1. The van der Waals surface area contributed by atoms with Gasteiger partial charge in [0.05, 0.1) is 5.41 Å². The van der Waals surface area contributed by atoms with Crippen LogP contribution in [0.3, 0.4) is 0 Å². The van der Waals surface area contributed by atoms with Crippen LogP contribution >= 0.6 is 0 Å². The van der Waals surface area contributed by atoms with Crippen molar-refractivity contribution < 1.29 is 14.3 Å². The van der Waals surface area contributed by atoms with Gasteiger partial charge in [0.1, 0.15) is 0 Å². The molecular formula is C23H27N3O3. The average molecular weight is 393 g/mol. The van der Waals surface area contributed by atoms with E-state index >= 15 is 0 Å². The number of pyridine rings is 1. The van der Waals surface area contributed by atoms with Crippen molar-refractivity contribution in [1.82, 2.24) is 14.8 Å². The molecule has 0 saturated carbocycles. The molecule has 1 unspecified atom stereocenters. The van der Waals surface area contributed by atoms with Gasteiger partial charge in [0.15, 0.2) is 11.5 Å². The number of amides is 1. The Morgan fingerprint density at radius 1 is 1.14 bits per heavy atom. The number of hydrogen-bond donors (Lipinski definition) is 0. The summed E-state index contributed by atoms with van der Waals surface area (Å²) < 4.78 is 11.0. The van der Waals surface area contributed by atoms with Gasteiger partial charge < -0.3 is 14.4 Å². The van der Waals surface area contributed by atoms with Crippen LogP contribution in [0.15, 0.2) is 36.7 Å². The maximum atomic E-state index is 13.4. The summed E-state index contributed by atoms with van der Waals surface area (Å²) in [6.07, 6.45) is 6.64. The number of piperidine rings is 1. The molecule has 0 radical (unpaired) electrons. The van der Waals surface area contributed by atoms with Crippen LogP contribution in [0.5, 0.6) is 11.5 Å². The van der Waals surface area contributed by atoms with E-state index < -0.39 is 0 Å². The summed E-state index contributed by atoms with van der Waals surface area (Å²) in [4.78, 5) is 22.1. The molecule has 1 atom stereocenters. The number of rotatable bonds is 4. The van der Waals surface area contributed by atoms with E-state index in [-0.39, 0.29) is 5.41 Å². The zero-order chi connectivity index (χ0) is 19.8. The maximum absolute atomic E-state index is 13.4. The maximum Gasteiger partial charge on any atom is 0.231 e. The Hall–Kier alpha value is -2.60. The molecule has 1 aromatic carbocycles. The Balaban J connectivity index is 1.28. The molecule has 5 rings (SSSR count). The summed E-state index contributed by atoms with van der Waals surface area (Å²) in [6.45, 7) is 6.56. The Kier molecular flexibility index (Phi) is 4.66. The fourth-order valence-corrected chi connectivity index (χ4v) is 4.98. The number of carbonyl (C=O) groups is 1. The molecule has 29 heavy (non-hydrogen) atoms. The summed E-state index contributed by atoms with van der Waals surface area (Å²) in [5.74, 6) is 1.98. The highest BCUT2D eigenvalue weighted by Gasteiger charge is 2.48. The molecule has 3 aliphatic heterocycles. The van der Waals surface area contributed by atoms with Crippen LogP contribution in [-0.4, -0.2) is 47.1 Å². The first-order valence-electron chi connectivity index (χ1n) is 10.4. The third kappa shape index (κ3) is 3.46. The third-order valence-electron chi connectivity index (χ3n) is 6.58. The molecule has 152 valence electrons. The van der Waals surface area contributed by atoms with Gasteiger partial charge in [-0.2, -0.15) is 0 Å². The number of hydrogen-bond acceptors (Lipinski definition) is 5. The van der Waals surface area contributed by atoms with Crippen LogP contribution in [0.25, 0.3) is 0 Å². The van der Waals surface area contributed by atoms with Crippen LogP contribution in [0, 0.1) is 12.3 Å². The lowest BCUT2D eigenvalue weighted by Gasteiger charge is -2.39. The summed E-state index contributed by atoms with van der Waals surface area (Å²) >= 11 is 0. The molecule has 0 N–H and O–H groups in total. The minimum absolute atomic E-state index is 0.231. The lowest BCUT2D eigenvalue weighted by molar-refractivity contribution is -0.146. The van der Waals surface area contributed by atoms with Crippen molar-refractivity contribution in [2.24, 2.45) is 5.41 Å². The third-order valence-corrected chi connectivity index (χ3v) is 6.58. The average Bonchev–Trinajstić information content (AvgIpc) is 3.34. The van der Waals surface area contributed by atoms with Crippen molar-refractivity contribution >= 4 is 5.91 Å². The van der Waals surface area contributed by atoms with Crippen molar-refractivity contribution in [2.45, 2.75) is 39.3 Å². The smallest absolute Gasteiger partial charge is 0.231 e. The number of aryl methyl sites for hydroxylation is 1. The first-order valence-corrected chi connectivity index (χ1v) is 10.4. The summed E-state index contributed by atoms with van der Waals surface area (Å²) in [5, 5.41) is 0. The molecule has 2 fully saturated rings. The number of likely N-dealkylation sites (tertiary alicyclic amines) is 2. The number of ether oxygens (including phenoxy) is 2. The van der Waals surface area contributed by atoms with Crippen LogP contribution in [0.1, 0.15) is 36.0 Å². The Morgan fingerprint density at radius 3 is 2.83 bits per heavy atom. The highest BCUT2D eigenvalue weighted by atomic mass is 16.7. The number of benzene rings is 1. The molecule has 1 amide bonds. The van der Waals surface area contributed by atoms with Crippen molar-refractivity contribution in [3.05, 3.63) is 53.3 Å². The first kappa shape index (κ1) is 18.4. The van der Waals surface area contributed by atoms with Gasteiger partial charge in [-0.25, -0.2) is 0 Å². The van der Waals surface area contributed by atoms with E-state index in [1.165, 1.54) is 11.1 Å². The SMILES string of the molecule is Cc1cc2c(cc1CN1CCC3(CCCN(Cc4cccnc4)C3=O)C1)OCO2. The van der Waals surface area contributed by atoms with Gasteiger partial charge in [-0.1, -0.05) is 6.07 Å². The predicted octanol–water partition coefficient (Wildman–Crippen LogP) is 3.13. The van der Waals surface area contributed by atoms with Crippen molar-refractivity contribution in [1.29, 1.82) is 0 Å². The van der Waals surface area contributed by atoms with Gasteiger partial charge in [-0.05, 0) is 67.6 Å². The Morgan fingerprint density at radius 2 is 2.00 bits per heavy atom. The van der Waals surface area contributed by atoms with Gasteiger partial charge in [-0.3, -0.25) is 14.7 Å². The molecular weight excluding hydrogens is 366 g/mol. The minimum Gasteiger partial charge on any atom is -0.454 e. The van der Waals surface area contributed by atoms with E-state index in [9.17, 15) is 4.79 Å². The molecule has 1 aromatic heterocycles. The van der Waals surface area contributed by atoms with E-state index in [2.05, 4.69) is 28.9 Å². The van der Waals surface area contributed by atoms with E-state index in [0.717, 1.165) is 62.5 Å². The normalized spacial score (nSPS) is 23.9. The molecule has 2 saturated heterocycles. The van der Waals surface area contributed by atoms with Crippen LogP contribution in [-0.2, 0) is 17.9 Å². The second kappa shape index (κ2) is 7.34. The Bertz CT molecular complexity index is 917. The molecule has 2 aromatic rings. The fraction of sp³-hybridized carbons (Fsp3) is 0.478. The van der Waals surface area contributed by atoms with Crippen molar-refractivity contribution in [2.75, 3.05) is 26.4 Å². The largest absolute Gasteiger partial charge is 0.454 e. The quantitative estimate of drug-likeness (QED) is 0.799. The predicted molar refractivity (Wildman–Crippen MR) is 109 cm³/mol. The fourth-order valence-electron chi connectivity index (χ4n) is 4.98. The molecule has 0 bridgehead atoms. The highest BCUT2D eigenvalue weighted by Crippen LogP contribution is 2.42. The van der Waals surface area contributed by atoms with Gasteiger partial charge >= 0.3 is 0 Å². The summed E-state index contributed by atoms with van der Waals surface area (Å²) in [7, 11) is 0. The lowest BCUT2D eigenvalue weighted by Crippen LogP contribution is -2.49. The number of nitrogens with zero attached hydrogens (tertiary/aromatic N) is 3. The van der Waals surface area contributed by atoms with Gasteiger partial charge in [0, 0.05) is 38.6 Å². The zero-order valence-corrected chi connectivity index (χ0v) is 16.9. The van der Waals surface area contributed by atoms with Gasteiger partial charge in [0.25, 0.3) is 0 Å². The second-order valence-corrected chi connectivity index (χ2v) is 8.56. The van der Waals surface area contributed by atoms with E-state index in [1.807, 2.05) is 23.2 Å². The summed E-state index contributed by atoms with van der Waals surface area (Å²) in [5.41, 5.74) is 3.33. The standard InChI is InChI=1S/C23H27N3O3/c1-17-10-20-21(29-16-28-20)11-19(17)14-25-9-6-23(15-25)5-3-8-26(22(23)27)13-18-4-2-7-24-12-18/h2,4,7,10-12H,3,5-6,8-9,13-16H2,1H3. The van der Waals surface area contributed by atoms with Crippen molar-refractivity contribution in [3.8, 4) is 11.5 Å². The highest BCUT2D eigenvalue weighted by molar-refractivity contribution is 5.84. The van der Waals surface area contributed by atoms with Crippen LogP contribution < -0.4 is 9.47 Å². The van der Waals surface area contributed by atoms with Crippen molar-refractivity contribution in [3.63, 3.8) is 0 Å². The van der Waals surface area contributed by atoms with Gasteiger partial charge in [-0.15, -0.1) is 0 Å². The summed E-state index contributed by atoms with van der Waals surface area (Å²) in [6, 6.07) is 8.14. The number of aromatic nitrogens is 1. The monoisotopic (exact) mass is 393 g/mol.